The number of β-amino-alcohol motifs (C(OH)–C–C–N with tert-alkyl or cyclic N) is 1. The van der Waals surface area contributed by atoms with E-state index in [1.165, 1.54) is 12.1 Å². The van der Waals surface area contributed by atoms with Gasteiger partial charge in [-0.1, -0.05) is 18.2 Å². The molecule has 0 radical (unpaired) electrons. The van der Waals surface area contributed by atoms with Gasteiger partial charge in [-0.05, 0) is 23.8 Å². The first-order chi connectivity index (χ1) is 13.6. The largest absolute Gasteiger partial charge is 0.491 e. The van der Waals surface area contributed by atoms with E-state index in [2.05, 4.69) is 10.2 Å². The Labute approximate surface area is 163 Å². The molecule has 1 aliphatic heterocycles. The summed E-state index contributed by atoms with van der Waals surface area (Å²) in [6, 6.07) is 11.1. The molecule has 2 aromatic carbocycles. The van der Waals surface area contributed by atoms with Gasteiger partial charge in [0.1, 0.15) is 30.1 Å². The highest BCUT2D eigenvalue weighted by Gasteiger charge is 2.15. The average Bonchev–Trinajstić information content (AvgIpc) is 2.69. The van der Waals surface area contributed by atoms with Crippen LogP contribution in [0.25, 0.3) is 0 Å². The number of nitrogens with one attached hydrogen (secondary N) is 1. The second-order valence-electron chi connectivity index (χ2n) is 6.86. The predicted octanol–water partition coefficient (Wildman–Crippen LogP) is 2.33. The van der Waals surface area contributed by atoms with Crippen LogP contribution in [0.3, 0.4) is 0 Å². The van der Waals surface area contributed by atoms with Crippen LogP contribution in [-0.4, -0.2) is 55.6 Å². The number of halogens is 2. The zero-order valence-electron chi connectivity index (χ0n) is 15.7. The van der Waals surface area contributed by atoms with Crippen LogP contribution in [0.15, 0.2) is 42.5 Å². The fraction of sp³-hybridized carbons (Fsp3) is 0.429. The lowest BCUT2D eigenvalue weighted by Gasteiger charge is -2.28. The van der Waals surface area contributed by atoms with E-state index < -0.39 is 17.7 Å². The Bertz CT molecular complexity index is 754. The Hall–Kier alpha value is -2.06. The average molecular weight is 392 g/mol. The lowest BCUT2D eigenvalue weighted by Crippen LogP contribution is -2.42. The maximum Gasteiger partial charge on any atom is 0.130 e. The summed E-state index contributed by atoms with van der Waals surface area (Å²) < 4.78 is 37.6. The fourth-order valence-corrected chi connectivity index (χ4v) is 3.08. The number of hydrogen-bond acceptors (Lipinski definition) is 5. The van der Waals surface area contributed by atoms with Gasteiger partial charge in [0, 0.05) is 44.4 Å². The Morgan fingerprint density at radius 2 is 1.93 bits per heavy atom. The van der Waals surface area contributed by atoms with Crippen LogP contribution >= 0.6 is 0 Å². The molecule has 7 heteroatoms. The second-order valence-corrected chi connectivity index (χ2v) is 6.86. The topological polar surface area (TPSA) is 54.0 Å². The second kappa shape index (κ2) is 10.5. The highest BCUT2D eigenvalue weighted by atomic mass is 19.1. The van der Waals surface area contributed by atoms with Crippen molar-refractivity contribution >= 4 is 0 Å². The highest BCUT2D eigenvalue weighted by molar-refractivity contribution is 5.28. The number of hydrogen-bond donors (Lipinski definition) is 2. The van der Waals surface area contributed by atoms with E-state index in [-0.39, 0.29) is 6.61 Å². The van der Waals surface area contributed by atoms with Gasteiger partial charge in [0.2, 0.25) is 0 Å². The van der Waals surface area contributed by atoms with Crippen molar-refractivity contribution in [3.63, 3.8) is 0 Å². The van der Waals surface area contributed by atoms with E-state index in [4.69, 9.17) is 9.47 Å². The Kier molecular flexibility index (Phi) is 7.73. The zero-order valence-corrected chi connectivity index (χ0v) is 15.7. The van der Waals surface area contributed by atoms with Gasteiger partial charge in [0.05, 0.1) is 13.2 Å². The molecule has 1 saturated heterocycles. The van der Waals surface area contributed by atoms with Gasteiger partial charge in [-0.3, -0.25) is 4.90 Å². The van der Waals surface area contributed by atoms with E-state index in [9.17, 15) is 13.9 Å². The number of nitrogens with zero attached hydrogens (tertiary/aromatic N) is 1. The molecule has 0 spiro atoms. The van der Waals surface area contributed by atoms with Crippen molar-refractivity contribution in [2.75, 3.05) is 39.5 Å². The number of morpholine rings is 1. The first kappa shape index (κ1) is 20.7. The Morgan fingerprint density at radius 3 is 2.71 bits per heavy atom. The van der Waals surface area contributed by atoms with Crippen molar-refractivity contribution in [2.24, 2.45) is 0 Å². The maximum absolute atomic E-state index is 13.7. The van der Waals surface area contributed by atoms with Crippen molar-refractivity contribution in [2.45, 2.75) is 19.2 Å². The van der Waals surface area contributed by atoms with E-state index in [1.807, 2.05) is 24.3 Å². The summed E-state index contributed by atoms with van der Waals surface area (Å²) in [5, 5.41) is 13.3. The van der Waals surface area contributed by atoms with E-state index in [0.717, 1.165) is 24.7 Å². The number of aliphatic hydroxyl groups is 1. The smallest absolute Gasteiger partial charge is 0.130 e. The first-order valence-corrected chi connectivity index (χ1v) is 9.45. The molecule has 2 N–H and O–H groups in total. The SMILES string of the molecule is OC(COc1cccc(CNCc2ccc(F)cc2F)c1)CN1CCOCC1. The molecule has 1 unspecified atom stereocenters. The van der Waals surface area contributed by atoms with Gasteiger partial charge in [-0.25, -0.2) is 8.78 Å². The van der Waals surface area contributed by atoms with Crippen LogP contribution in [0, 0.1) is 11.6 Å². The molecular formula is C21H26F2N2O3. The Balaban J connectivity index is 1.43. The van der Waals surface area contributed by atoms with Crippen LogP contribution in [0.1, 0.15) is 11.1 Å². The summed E-state index contributed by atoms with van der Waals surface area (Å²) in [6.07, 6.45) is -0.568. The van der Waals surface area contributed by atoms with Crippen LogP contribution in [0.2, 0.25) is 0 Å². The van der Waals surface area contributed by atoms with Crippen molar-refractivity contribution in [3.8, 4) is 5.75 Å². The van der Waals surface area contributed by atoms with Gasteiger partial charge < -0.3 is 19.9 Å². The summed E-state index contributed by atoms with van der Waals surface area (Å²) in [6.45, 7) is 4.65. The van der Waals surface area contributed by atoms with Crippen LogP contribution < -0.4 is 10.1 Å². The number of rotatable bonds is 9. The molecule has 1 aliphatic rings. The highest BCUT2D eigenvalue weighted by Crippen LogP contribution is 2.15. The molecule has 0 aromatic heterocycles. The van der Waals surface area contributed by atoms with Gasteiger partial charge in [-0.15, -0.1) is 0 Å². The van der Waals surface area contributed by atoms with Crippen LogP contribution in [-0.2, 0) is 17.8 Å². The van der Waals surface area contributed by atoms with Crippen molar-refractivity contribution in [1.29, 1.82) is 0 Å². The van der Waals surface area contributed by atoms with E-state index >= 15 is 0 Å². The third-order valence-electron chi connectivity index (χ3n) is 4.57. The molecule has 152 valence electrons. The minimum Gasteiger partial charge on any atom is -0.491 e. The Morgan fingerprint density at radius 1 is 1.11 bits per heavy atom. The van der Waals surface area contributed by atoms with E-state index in [0.29, 0.717) is 44.2 Å². The summed E-state index contributed by atoms with van der Waals surface area (Å²) >= 11 is 0. The number of ether oxygens (including phenoxy) is 2. The monoisotopic (exact) mass is 392 g/mol. The van der Waals surface area contributed by atoms with Crippen molar-refractivity contribution in [3.05, 3.63) is 65.2 Å². The van der Waals surface area contributed by atoms with Gasteiger partial charge >= 0.3 is 0 Å². The van der Waals surface area contributed by atoms with Crippen LogP contribution in [0.4, 0.5) is 8.78 Å². The molecular weight excluding hydrogens is 366 g/mol. The minimum atomic E-state index is -0.582. The van der Waals surface area contributed by atoms with Crippen molar-refractivity contribution < 1.29 is 23.4 Å². The van der Waals surface area contributed by atoms with Crippen molar-refractivity contribution in [1.82, 2.24) is 10.2 Å². The summed E-state index contributed by atoms with van der Waals surface area (Å²) in [5.74, 6) is -0.464. The molecule has 2 aromatic rings. The van der Waals surface area contributed by atoms with Gasteiger partial charge in [0.25, 0.3) is 0 Å². The normalized spacial score (nSPS) is 16.1. The standard InChI is InChI=1S/C21H26F2N2O3/c22-18-5-4-17(21(23)11-18)13-24-12-16-2-1-3-20(10-16)28-15-19(26)14-25-6-8-27-9-7-25/h1-5,10-11,19,24,26H,6-9,12-15H2. The van der Waals surface area contributed by atoms with Gasteiger partial charge in [0.15, 0.2) is 0 Å². The number of benzene rings is 2. The quantitative estimate of drug-likeness (QED) is 0.686. The molecule has 1 fully saturated rings. The third kappa shape index (κ3) is 6.53. The lowest BCUT2D eigenvalue weighted by atomic mass is 10.2. The molecule has 1 heterocycles. The summed E-state index contributed by atoms with van der Waals surface area (Å²) in [5.41, 5.74) is 1.39. The minimum absolute atomic E-state index is 0.217. The summed E-state index contributed by atoms with van der Waals surface area (Å²) in [7, 11) is 0. The molecule has 0 bridgehead atoms. The van der Waals surface area contributed by atoms with Gasteiger partial charge in [-0.2, -0.15) is 0 Å². The number of aliphatic hydroxyl groups excluding tert-OH is 1. The predicted molar refractivity (Wildman–Crippen MR) is 102 cm³/mol. The molecule has 28 heavy (non-hydrogen) atoms. The molecule has 1 atom stereocenters. The molecule has 5 nitrogen and oxygen atoms in total. The summed E-state index contributed by atoms with van der Waals surface area (Å²) in [4.78, 5) is 2.16. The molecule has 0 amide bonds. The third-order valence-corrected chi connectivity index (χ3v) is 4.57. The zero-order chi connectivity index (χ0) is 19.8. The maximum atomic E-state index is 13.7. The fourth-order valence-electron chi connectivity index (χ4n) is 3.08. The molecule has 0 saturated carbocycles. The van der Waals surface area contributed by atoms with Crippen LogP contribution in [0.5, 0.6) is 5.75 Å². The lowest BCUT2D eigenvalue weighted by molar-refractivity contribution is 0.00465. The molecule has 0 aliphatic carbocycles. The molecule has 3 rings (SSSR count). The first-order valence-electron chi connectivity index (χ1n) is 9.45. The van der Waals surface area contributed by atoms with E-state index in [1.54, 1.807) is 0 Å².